The Balaban J connectivity index is 1.95. The van der Waals surface area contributed by atoms with Crippen molar-refractivity contribution in [2.45, 2.75) is 25.3 Å². The maximum absolute atomic E-state index is 4.41. The Morgan fingerprint density at radius 1 is 1.20 bits per heavy atom. The van der Waals surface area contributed by atoms with E-state index in [2.05, 4.69) is 10.6 Å². The highest BCUT2D eigenvalue weighted by Gasteiger charge is 2.28. The zero-order valence-corrected chi connectivity index (χ0v) is 6.34. The van der Waals surface area contributed by atoms with Crippen LogP contribution in [-0.4, -0.2) is 25.7 Å². The lowest BCUT2D eigenvalue weighted by atomic mass is 9.99. The quantitative estimate of drug-likeness (QED) is 0.515. The first-order valence-corrected chi connectivity index (χ1v) is 4.33. The summed E-state index contributed by atoms with van der Waals surface area (Å²) in [5.41, 5.74) is 0. The standard InChI is InChI=1S/C8H15N2/c1-2-4-10-8-6-9-5-7(8)3-1/h7-8,10H,1-6H2. The van der Waals surface area contributed by atoms with E-state index in [9.17, 15) is 0 Å². The molecule has 0 aliphatic carbocycles. The molecule has 0 aromatic carbocycles. The summed E-state index contributed by atoms with van der Waals surface area (Å²) in [6, 6.07) is 0.738. The summed E-state index contributed by atoms with van der Waals surface area (Å²) in [7, 11) is 0. The van der Waals surface area contributed by atoms with E-state index < -0.39 is 0 Å². The Bertz CT molecular complexity index is 102. The van der Waals surface area contributed by atoms with E-state index in [1.807, 2.05) is 0 Å². The SMILES string of the molecule is C1CCC2C[N]CC2NC1. The van der Waals surface area contributed by atoms with Crippen molar-refractivity contribution >= 4 is 0 Å². The molecular formula is C8H15N2. The first-order valence-electron chi connectivity index (χ1n) is 4.33. The predicted molar refractivity (Wildman–Crippen MR) is 41.0 cm³/mol. The molecule has 2 aliphatic rings. The van der Waals surface area contributed by atoms with Gasteiger partial charge in [-0.1, -0.05) is 6.42 Å². The molecule has 0 bridgehead atoms. The van der Waals surface area contributed by atoms with Crippen LogP contribution in [0.25, 0.3) is 0 Å². The van der Waals surface area contributed by atoms with Crippen LogP contribution in [0.1, 0.15) is 19.3 Å². The van der Waals surface area contributed by atoms with Gasteiger partial charge in [0, 0.05) is 19.1 Å². The topological polar surface area (TPSA) is 26.1 Å². The molecule has 2 saturated heterocycles. The largest absolute Gasteiger partial charge is 0.312 e. The van der Waals surface area contributed by atoms with Crippen molar-refractivity contribution in [2.24, 2.45) is 5.92 Å². The molecule has 1 radical (unpaired) electrons. The maximum Gasteiger partial charge on any atom is 0.0290 e. The zero-order valence-electron chi connectivity index (χ0n) is 6.34. The minimum atomic E-state index is 0.738. The molecule has 2 rings (SSSR count). The van der Waals surface area contributed by atoms with E-state index in [0.717, 1.165) is 25.0 Å². The maximum atomic E-state index is 4.41. The van der Waals surface area contributed by atoms with Crippen molar-refractivity contribution < 1.29 is 0 Å². The highest BCUT2D eigenvalue weighted by molar-refractivity contribution is 4.87. The Kier molecular flexibility index (Phi) is 1.91. The lowest BCUT2D eigenvalue weighted by molar-refractivity contribution is 0.443. The van der Waals surface area contributed by atoms with Gasteiger partial charge in [0.1, 0.15) is 0 Å². The lowest BCUT2D eigenvalue weighted by Crippen LogP contribution is -2.34. The molecule has 0 aromatic rings. The third-order valence-corrected chi connectivity index (χ3v) is 2.67. The fraction of sp³-hybridized carbons (Fsp3) is 1.00. The average molecular weight is 139 g/mol. The van der Waals surface area contributed by atoms with Gasteiger partial charge in [-0.25, -0.2) is 5.32 Å². The van der Waals surface area contributed by atoms with Gasteiger partial charge in [-0.15, -0.1) is 0 Å². The van der Waals surface area contributed by atoms with Crippen LogP contribution in [0.15, 0.2) is 0 Å². The number of rotatable bonds is 0. The second kappa shape index (κ2) is 2.89. The number of hydrogen-bond donors (Lipinski definition) is 1. The van der Waals surface area contributed by atoms with Gasteiger partial charge < -0.3 is 5.32 Å². The highest BCUT2D eigenvalue weighted by atomic mass is 15.0. The van der Waals surface area contributed by atoms with Crippen LogP contribution >= 0.6 is 0 Å². The second-order valence-corrected chi connectivity index (χ2v) is 3.41. The van der Waals surface area contributed by atoms with Crippen molar-refractivity contribution in [3.8, 4) is 0 Å². The number of nitrogens with one attached hydrogen (secondary N) is 1. The van der Waals surface area contributed by atoms with Crippen molar-refractivity contribution in [1.82, 2.24) is 10.6 Å². The first kappa shape index (κ1) is 6.62. The molecule has 2 aliphatic heterocycles. The lowest BCUT2D eigenvalue weighted by Gasteiger charge is -2.14. The average Bonchev–Trinajstić information content (AvgIpc) is 2.28. The van der Waals surface area contributed by atoms with Crippen molar-refractivity contribution in [1.29, 1.82) is 0 Å². The van der Waals surface area contributed by atoms with Gasteiger partial charge in [0.05, 0.1) is 0 Å². The molecule has 2 nitrogen and oxygen atoms in total. The molecule has 0 aromatic heterocycles. The van der Waals surface area contributed by atoms with Crippen LogP contribution in [0.5, 0.6) is 0 Å². The number of nitrogens with zero attached hydrogens (tertiary/aromatic N) is 1. The van der Waals surface area contributed by atoms with Gasteiger partial charge >= 0.3 is 0 Å². The molecule has 57 valence electrons. The number of fused-ring (bicyclic) bond motifs is 1. The first-order chi connectivity index (χ1) is 4.97. The van der Waals surface area contributed by atoms with Crippen LogP contribution in [0.3, 0.4) is 0 Å². The third kappa shape index (κ3) is 1.18. The second-order valence-electron chi connectivity index (χ2n) is 3.41. The van der Waals surface area contributed by atoms with E-state index in [4.69, 9.17) is 0 Å². The van der Waals surface area contributed by atoms with Gasteiger partial charge in [0.2, 0.25) is 0 Å². The zero-order chi connectivity index (χ0) is 6.81. The third-order valence-electron chi connectivity index (χ3n) is 2.67. The molecular weight excluding hydrogens is 124 g/mol. The Morgan fingerprint density at radius 3 is 3.20 bits per heavy atom. The van der Waals surface area contributed by atoms with Gasteiger partial charge in [-0.2, -0.15) is 0 Å². The Labute approximate surface area is 62.4 Å². The molecule has 2 fully saturated rings. The molecule has 0 spiro atoms. The minimum Gasteiger partial charge on any atom is -0.312 e. The van der Waals surface area contributed by atoms with Gasteiger partial charge in [-0.3, -0.25) is 0 Å². The summed E-state index contributed by atoms with van der Waals surface area (Å²) in [4.78, 5) is 0. The summed E-state index contributed by atoms with van der Waals surface area (Å²) >= 11 is 0. The number of hydrogen-bond acceptors (Lipinski definition) is 1. The van der Waals surface area contributed by atoms with Crippen LogP contribution in [0.4, 0.5) is 0 Å². The van der Waals surface area contributed by atoms with Gasteiger partial charge in [0.25, 0.3) is 0 Å². The molecule has 0 saturated carbocycles. The normalized spacial score (nSPS) is 40.8. The van der Waals surface area contributed by atoms with Crippen LogP contribution in [0.2, 0.25) is 0 Å². The van der Waals surface area contributed by atoms with Crippen molar-refractivity contribution in [3.63, 3.8) is 0 Å². The van der Waals surface area contributed by atoms with E-state index in [0.29, 0.717) is 0 Å². The van der Waals surface area contributed by atoms with Crippen LogP contribution in [0, 0.1) is 5.92 Å². The molecule has 0 amide bonds. The van der Waals surface area contributed by atoms with E-state index in [1.54, 1.807) is 0 Å². The van der Waals surface area contributed by atoms with Crippen molar-refractivity contribution in [3.05, 3.63) is 0 Å². The van der Waals surface area contributed by atoms with Crippen LogP contribution in [-0.2, 0) is 0 Å². The monoisotopic (exact) mass is 139 g/mol. The predicted octanol–water partition coefficient (Wildman–Crippen LogP) is 0.363. The molecule has 1 N–H and O–H groups in total. The summed E-state index contributed by atoms with van der Waals surface area (Å²) in [6.45, 7) is 3.42. The Morgan fingerprint density at radius 2 is 2.20 bits per heavy atom. The van der Waals surface area contributed by atoms with Crippen LogP contribution < -0.4 is 10.6 Å². The molecule has 2 heterocycles. The smallest absolute Gasteiger partial charge is 0.0290 e. The summed E-state index contributed by atoms with van der Waals surface area (Å²) in [5, 5.41) is 7.96. The summed E-state index contributed by atoms with van der Waals surface area (Å²) in [5.74, 6) is 0.877. The van der Waals surface area contributed by atoms with E-state index >= 15 is 0 Å². The highest BCUT2D eigenvalue weighted by Crippen LogP contribution is 2.19. The van der Waals surface area contributed by atoms with E-state index in [1.165, 1.54) is 25.8 Å². The fourth-order valence-corrected chi connectivity index (χ4v) is 2.00. The fourth-order valence-electron chi connectivity index (χ4n) is 2.00. The van der Waals surface area contributed by atoms with Gasteiger partial charge in [-0.05, 0) is 25.3 Å². The molecule has 2 atom stereocenters. The van der Waals surface area contributed by atoms with E-state index in [-0.39, 0.29) is 0 Å². The Hall–Kier alpha value is -0.0800. The van der Waals surface area contributed by atoms with Crippen molar-refractivity contribution in [2.75, 3.05) is 19.6 Å². The summed E-state index contributed by atoms with van der Waals surface area (Å²) < 4.78 is 0. The summed E-state index contributed by atoms with van der Waals surface area (Å²) in [6.07, 6.45) is 4.18. The van der Waals surface area contributed by atoms with Gasteiger partial charge in [0.15, 0.2) is 0 Å². The molecule has 2 unspecified atom stereocenters. The minimum absolute atomic E-state index is 0.738. The molecule has 10 heavy (non-hydrogen) atoms. The molecule has 2 heteroatoms.